The zero-order chi connectivity index (χ0) is 13.0. The summed E-state index contributed by atoms with van der Waals surface area (Å²) in [6, 6.07) is 4.73. The van der Waals surface area contributed by atoms with Gasteiger partial charge in [0, 0.05) is 29.2 Å². The summed E-state index contributed by atoms with van der Waals surface area (Å²) < 4.78 is 0. The van der Waals surface area contributed by atoms with E-state index >= 15 is 0 Å². The maximum Gasteiger partial charge on any atom is 0.0561 e. The van der Waals surface area contributed by atoms with Crippen LogP contribution >= 0.6 is 11.3 Å². The lowest BCUT2D eigenvalue weighted by atomic mass is 10.2. The molecule has 0 radical (unpaired) electrons. The van der Waals surface area contributed by atoms with Gasteiger partial charge in [0.05, 0.1) is 12.2 Å². The number of aromatic amines is 1. The Balaban J connectivity index is 1.89. The highest BCUT2D eigenvalue weighted by Crippen LogP contribution is 2.22. The number of nitrogens with zero attached hydrogens (tertiary/aromatic N) is 2. The summed E-state index contributed by atoms with van der Waals surface area (Å²) in [4.78, 5) is 3.65. The first-order valence-corrected chi connectivity index (χ1v) is 6.96. The van der Waals surface area contributed by atoms with Crippen LogP contribution in [-0.2, 0) is 6.54 Å². The summed E-state index contributed by atoms with van der Waals surface area (Å²) in [5.74, 6) is 0. The molecule has 0 aromatic carbocycles. The molecule has 0 aliphatic carbocycles. The molecular weight excluding hydrogens is 244 g/mol. The summed E-state index contributed by atoms with van der Waals surface area (Å²) in [7, 11) is 4.24. The van der Waals surface area contributed by atoms with E-state index in [0.29, 0.717) is 6.04 Å². The number of rotatable bonds is 6. The Hall–Kier alpha value is -1.17. The largest absolute Gasteiger partial charge is 0.311 e. The van der Waals surface area contributed by atoms with Crippen LogP contribution in [0.1, 0.15) is 22.2 Å². The van der Waals surface area contributed by atoms with E-state index in [4.69, 9.17) is 0 Å². The van der Waals surface area contributed by atoms with E-state index in [1.165, 1.54) is 10.4 Å². The fourth-order valence-electron chi connectivity index (χ4n) is 1.92. The van der Waals surface area contributed by atoms with Crippen LogP contribution in [0.25, 0.3) is 0 Å². The van der Waals surface area contributed by atoms with E-state index in [-0.39, 0.29) is 0 Å². The van der Waals surface area contributed by atoms with Crippen LogP contribution in [0.2, 0.25) is 0 Å². The zero-order valence-corrected chi connectivity index (χ0v) is 11.9. The van der Waals surface area contributed by atoms with Gasteiger partial charge in [-0.3, -0.25) is 5.10 Å². The molecule has 2 N–H and O–H groups in total. The molecule has 0 amide bonds. The van der Waals surface area contributed by atoms with Gasteiger partial charge in [0.15, 0.2) is 0 Å². The van der Waals surface area contributed by atoms with Crippen LogP contribution in [0.5, 0.6) is 0 Å². The number of H-pyrrole nitrogens is 1. The van der Waals surface area contributed by atoms with Crippen LogP contribution in [0, 0.1) is 6.92 Å². The molecule has 0 bridgehead atoms. The van der Waals surface area contributed by atoms with Gasteiger partial charge in [-0.15, -0.1) is 11.3 Å². The average molecular weight is 264 g/mol. The third kappa shape index (κ3) is 3.19. The Morgan fingerprint density at radius 1 is 1.50 bits per heavy atom. The Morgan fingerprint density at radius 3 is 2.89 bits per heavy atom. The standard InChI is InChI=1S/C13H20N4S/c1-10-11(8-15-16-10)7-14-9-12(17(2)3)13-5-4-6-18-13/h4-6,8,12,14H,7,9H2,1-3H3,(H,15,16)/t12-/m1/s1. The van der Waals surface area contributed by atoms with Gasteiger partial charge in [0.25, 0.3) is 0 Å². The van der Waals surface area contributed by atoms with Crippen molar-refractivity contribution in [2.45, 2.75) is 19.5 Å². The third-order valence-electron chi connectivity index (χ3n) is 3.08. The van der Waals surface area contributed by atoms with Crippen molar-refractivity contribution in [3.05, 3.63) is 39.8 Å². The van der Waals surface area contributed by atoms with Crippen molar-refractivity contribution in [2.75, 3.05) is 20.6 Å². The van der Waals surface area contributed by atoms with E-state index in [1.54, 1.807) is 0 Å². The van der Waals surface area contributed by atoms with Crippen molar-refractivity contribution in [1.82, 2.24) is 20.4 Å². The van der Waals surface area contributed by atoms with Crippen LogP contribution < -0.4 is 5.32 Å². The topological polar surface area (TPSA) is 44.0 Å². The van der Waals surface area contributed by atoms with E-state index in [2.05, 4.69) is 52.0 Å². The van der Waals surface area contributed by atoms with Gasteiger partial charge in [-0.1, -0.05) is 6.07 Å². The van der Waals surface area contributed by atoms with Crippen molar-refractivity contribution in [3.8, 4) is 0 Å². The number of hydrogen-bond donors (Lipinski definition) is 2. The van der Waals surface area contributed by atoms with Gasteiger partial charge in [-0.05, 0) is 32.5 Å². The monoisotopic (exact) mass is 264 g/mol. The van der Waals surface area contributed by atoms with Crippen LogP contribution in [0.15, 0.2) is 23.7 Å². The van der Waals surface area contributed by atoms with Crippen molar-refractivity contribution in [3.63, 3.8) is 0 Å². The molecule has 0 unspecified atom stereocenters. The van der Waals surface area contributed by atoms with Crippen molar-refractivity contribution >= 4 is 11.3 Å². The Bertz CT molecular complexity index is 461. The molecule has 2 aromatic rings. The molecular formula is C13H20N4S. The molecule has 4 nitrogen and oxygen atoms in total. The summed E-state index contributed by atoms with van der Waals surface area (Å²) in [6.45, 7) is 3.85. The first-order valence-electron chi connectivity index (χ1n) is 6.08. The lowest BCUT2D eigenvalue weighted by Crippen LogP contribution is -2.30. The minimum Gasteiger partial charge on any atom is -0.311 e. The van der Waals surface area contributed by atoms with Gasteiger partial charge in [0.2, 0.25) is 0 Å². The van der Waals surface area contributed by atoms with E-state index in [1.807, 2.05) is 24.5 Å². The number of hydrogen-bond acceptors (Lipinski definition) is 4. The van der Waals surface area contributed by atoms with Crippen LogP contribution in [0.3, 0.4) is 0 Å². The van der Waals surface area contributed by atoms with Crippen molar-refractivity contribution < 1.29 is 0 Å². The van der Waals surface area contributed by atoms with Crippen molar-refractivity contribution in [1.29, 1.82) is 0 Å². The predicted octanol–water partition coefficient (Wildman–Crippen LogP) is 2.17. The number of aromatic nitrogens is 2. The Kier molecular flexibility index (Phi) is 4.52. The molecule has 0 aliphatic heterocycles. The quantitative estimate of drug-likeness (QED) is 0.840. The Labute approximate surface area is 112 Å². The molecule has 0 fully saturated rings. The fourth-order valence-corrected chi connectivity index (χ4v) is 2.84. The number of likely N-dealkylation sites (N-methyl/N-ethyl adjacent to an activating group) is 1. The summed E-state index contributed by atoms with van der Waals surface area (Å²) >= 11 is 1.81. The molecule has 98 valence electrons. The second-order valence-electron chi connectivity index (χ2n) is 4.65. The second kappa shape index (κ2) is 6.13. The maximum absolute atomic E-state index is 4.03. The molecule has 18 heavy (non-hydrogen) atoms. The SMILES string of the molecule is Cc1[nH]ncc1CNC[C@H](c1cccs1)N(C)C. The Morgan fingerprint density at radius 2 is 2.33 bits per heavy atom. The lowest BCUT2D eigenvalue weighted by Gasteiger charge is -2.23. The minimum absolute atomic E-state index is 0.428. The lowest BCUT2D eigenvalue weighted by molar-refractivity contribution is 0.292. The smallest absolute Gasteiger partial charge is 0.0561 e. The first-order chi connectivity index (χ1) is 8.68. The first kappa shape index (κ1) is 13.3. The van der Waals surface area contributed by atoms with Crippen LogP contribution in [-0.4, -0.2) is 35.7 Å². The predicted molar refractivity (Wildman–Crippen MR) is 75.8 cm³/mol. The van der Waals surface area contributed by atoms with Crippen molar-refractivity contribution in [2.24, 2.45) is 0 Å². The highest BCUT2D eigenvalue weighted by Gasteiger charge is 2.14. The van der Waals surface area contributed by atoms with Gasteiger partial charge in [-0.25, -0.2) is 0 Å². The molecule has 2 aromatic heterocycles. The highest BCUT2D eigenvalue weighted by molar-refractivity contribution is 7.10. The third-order valence-corrected chi connectivity index (χ3v) is 4.06. The van der Waals surface area contributed by atoms with Gasteiger partial charge in [0.1, 0.15) is 0 Å². The molecule has 0 saturated heterocycles. The zero-order valence-electron chi connectivity index (χ0n) is 11.1. The molecule has 5 heteroatoms. The number of thiophene rings is 1. The second-order valence-corrected chi connectivity index (χ2v) is 5.63. The number of aryl methyl sites for hydroxylation is 1. The molecule has 0 aliphatic rings. The molecule has 0 spiro atoms. The van der Waals surface area contributed by atoms with Gasteiger partial charge < -0.3 is 10.2 Å². The average Bonchev–Trinajstić information content (AvgIpc) is 2.96. The molecule has 1 atom stereocenters. The summed E-state index contributed by atoms with van der Waals surface area (Å²) in [5.41, 5.74) is 2.37. The number of nitrogens with one attached hydrogen (secondary N) is 2. The van der Waals surface area contributed by atoms with E-state index in [0.717, 1.165) is 18.8 Å². The minimum atomic E-state index is 0.428. The summed E-state index contributed by atoms with van der Waals surface area (Å²) in [5, 5.41) is 12.6. The summed E-state index contributed by atoms with van der Waals surface area (Å²) in [6.07, 6.45) is 1.89. The highest BCUT2D eigenvalue weighted by atomic mass is 32.1. The normalized spacial score (nSPS) is 13.1. The maximum atomic E-state index is 4.03. The van der Waals surface area contributed by atoms with Gasteiger partial charge in [-0.2, -0.15) is 5.10 Å². The van der Waals surface area contributed by atoms with Gasteiger partial charge >= 0.3 is 0 Å². The molecule has 0 saturated carbocycles. The van der Waals surface area contributed by atoms with Crippen LogP contribution in [0.4, 0.5) is 0 Å². The molecule has 2 heterocycles. The fraction of sp³-hybridized carbons (Fsp3) is 0.462. The molecule has 2 rings (SSSR count). The van der Waals surface area contributed by atoms with E-state index in [9.17, 15) is 0 Å². The van der Waals surface area contributed by atoms with E-state index < -0.39 is 0 Å².